The fourth-order valence-electron chi connectivity index (χ4n) is 3.11. The minimum absolute atomic E-state index is 0.0514. The number of para-hydroxylation sites is 1. The fraction of sp³-hybridized carbons (Fsp3) is 0.208. The third-order valence-corrected chi connectivity index (χ3v) is 6.16. The molecule has 1 amide bonds. The minimum Gasteiger partial charge on any atom is -0.385 e. The SMILES string of the molecule is Cc1cccc(NS(=O)(=O)c2ccc(C)c(C(=O)NCCCNc3ccccc3)c2)c1. The Labute approximate surface area is 183 Å². The number of amides is 1. The van der Waals surface area contributed by atoms with Crippen LogP contribution >= 0.6 is 0 Å². The number of sulfonamides is 1. The van der Waals surface area contributed by atoms with Crippen LogP contribution in [0.15, 0.2) is 77.7 Å². The maximum absolute atomic E-state index is 12.8. The molecule has 3 rings (SSSR count). The molecule has 0 heterocycles. The predicted molar refractivity (Wildman–Crippen MR) is 125 cm³/mol. The van der Waals surface area contributed by atoms with Crippen LogP contribution in [-0.4, -0.2) is 27.4 Å². The Morgan fingerprint density at radius 1 is 0.839 bits per heavy atom. The molecule has 0 radical (unpaired) electrons. The molecule has 0 saturated carbocycles. The highest BCUT2D eigenvalue weighted by Crippen LogP contribution is 2.20. The van der Waals surface area contributed by atoms with E-state index in [9.17, 15) is 13.2 Å². The molecule has 7 heteroatoms. The van der Waals surface area contributed by atoms with Gasteiger partial charge >= 0.3 is 0 Å². The van der Waals surface area contributed by atoms with Gasteiger partial charge in [0.2, 0.25) is 0 Å². The average molecular weight is 438 g/mol. The second kappa shape index (κ2) is 10.1. The Bertz CT molecular complexity index is 1150. The molecule has 0 atom stereocenters. The van der Waals surface area contributed by atoms with Crippen LogP contribution in [0.5, 0.6) is 0 Å². The lowest BCUT2D eigenvalue weighted by Gasteiger charge is -2.12. The Morgan fingerprint density at radius 2 is 1.58 bits per heavy atom. The molecule has 0 spiro atoms. The summed E-state index contributed by atoms with van der Waals surface area (Å²) in [6, 6.07) is 21.5. The molecule has 0 bridgehead atoms. The van der Waals surface area contributed by atoms with E-state index in [1.165, 1.54) is 12.1 Å². The van der Waals surface area contributed by atoms with Gasteiger partial charge in [-0.3, -0.25) is 9.52 Å². The van der Waals surface area contributed by atoms with Crippen LogP contribution in [0, 0.1) is 13.8 Å². The average Bonchev–Trinajstić information content (AvgIpc) is 2.74. The summed E-state index contributed by atoms with van der Waals surface area (Å²) in [5.41, 5.74) is 3.53. The summed E-state index contributed by atoms with van der Waals surface area (Å²) in [6.45, 7) is 4.88. The lowest BCUT2D eigenvalue weighted by Crippen LogP contribution is -2.27. The first-order valence-corrected chi connectivity index (χ1v) is 11.6. The molecule has 0 aliphatic rings. The number of rotatable bonds is 9. The van der Waals surface area contributed by atoms with E-state index >= 15 is 0 Å². The van der Waals surface area contributed by atoms with Crippen LogP contribution in [0.25, 0.3) is 0 Å². The summed E-state index contributed by atoms with van der Waals surface area (Å²) >= 11 is 0. The molecule has 0 saturated heterocycles. The topological polar surface area (TPSA) is 87.3 Å². The standard InChI is InChI=1S/C24H27N3O3S/c1-18-8-6-11-21(16-18)27-31(29,30)22-13-12-19(2)23(17-22)24(28)26-15-7-14-25-20-9-4-3-5-10-20/h3-6,8-13,16-17,25,27H,7,14-15H2,1-2H3,(H,26,28). The van der Waals surface area contributed by atoms with E-state index in [1.807, 2.05) is 43.3 Å². The first-order chi connectivity index (χ1) is 14.8. The van der Waals surface area contributed by atoms with Crippen LogP contribution in [-0.2, 0) is 10.0 Å². The van der Waals surface area contributed by atoms with E-state index < -0.39 is 10.0 Å². The van der Waals surface area contributed by atoms with Gasteiger partial charge in [-0.05, 0) is 67.8 Å². The van der Waals surface area contributed by atoms with Gasteiger partial charge in [0.1, 0.15) is 0 Å². The molecule has 162 valence electrons. The highest BCUT2D eigenvalue weighted by atomic mass is 32.2. The van der Waals surface area contributed by atoms with Gasteiger partial charge < -0.3 is 10.6 Å². The zero-order valence-electron chi connectivity index (χ0n) is 17.7. The molecular weight excluding hydrogens is 410 g/mol. The number of anilines is 2. The number of benzene rings is 3. The van der Waals surface area contributed by atoms with E-state index in [2.05, 4.69) is 15.4 Å². The van der Waals surface area contributed by atoms with E-state index in [1.54, 1.807) is 31.2 Å². The molecule has 3 aromatic carbocycles. The van der Waals surface area contributed by atoms with Crippen molar-refractivity contribution in [1.29, 1.82) is 0 Å². The maximum atomic E-state index is 12.8. The molecule has 0 aromatic heterocycles. The largest absolute Gasteiger partial charge is 0.385 e. The van der Waals surface area contributed by atoms with Gasteiger partial charge in [0, 0.05) is 30.0 Å². The molecule has 0 unspecified atom stereocenters. The van der Waals surface area contributed by atoms with Crippen LogP contribution in [0.4, 0.5) is 11.4 Å². The zero-order chi connectivity index (χ0) is 22.3. The number of hydrogen-bond acceptors (Lipinski definition) is 4. The monoisotopic (exact) mass is 437 g/mol. The van der Waals surface area contributed by atoms with Crippen molar-refractivity contribution in [2.24, 2.45) is 0 Å². The number of hydrogen-bond donors (Lipinski definition) is 3. The summed E-state index contributed by atoms with van der Waals surface area (Å²) < 4.78 is 28.1. The van der Waals surface area contributed by atoms with Crippen molar-refractivity contribution in [3.8, 4) is 0 Å². The van der Waals surface area contributed by atoms with Crippen molar-refractivity contribution < 1.29 is 13.2 Å². The summed E-state index contributed by atoms with van der Waals surface area (Å²) in [6.07, 6.45) is 0.743. The lowest BCUT2D eigenvalue weighted by molar-refractivity contribution is 0.0952. The minimum atomic E-state index is -3.80. The fourth-order valence-corrected chi connectivity index (χ4v) is 4.19. The van der Waals surface area contributed by atoms with Gasteiger partial charge in [-0.25, -0.2) is 8.42 Å². The molecule has 3 aromatic rings. The van der Waals surface area contributed by atoms with Crippen LogP contribution < -0.4 is 15.4 Å². The Balaban J connectivity index is 1.61. The summed E-state index contributed by atoms with van der Waals surface area (Å²) in [4.78, 5) is 12.7. The normalized spacial score (nSPS) is 11.0. The molecule has 6 nitrogen and oxygen atoms in total. The molecule has 31 heavy (non-hydrogen) atoms. The van der Waals surface area contributed by atoms with Crippen molar-refractivity contribution >= 4 is 27.3 Å². The van der Waals surface area contributed by atoms with Gasteiger partial charge in [0.15, 0.2) is 0 Å². The van der Waals surface area contributed by atoms with Gasteiger partial charge in [0.25, 0.3) is 15.9 Å². The number of nitrogens with one attached hydrogen (secondary N) is 3. The smallest absolute Gasteiger partial charge is 0.261 e. The van der Waals surface area contributed by atoms with Gasteiger partial charge in [-0.15, -0.1) is 0 Å². The van der Waals surface area contributed by atoms with Crippen molar-refractivity contribution in [3.05, 3.63) is 89.5 Å². The summed E-state index contributed by atoms with van der Waals surface area (Å²) in [5, 5.41) is 6.15. The third kappa shape index (κ3) is 6.33. The van der Waals surface area contributed by atoms with E-state index in [0.29, 0.717) is 17.8 Å². The first kappa shape index (κ1) is 22.4. The Morgan fingerprint density at radius 3 is 2.32 bits per heavy atom. The van der Waals surface area contributed by atoms with Crippen molar-refractivity contribution in [3.63, 3.8) is 0 Å². The Kier molecular flexibility index (Phi) is 7.31. The number of aryl methyl sites for hydroxylation is 2. The van der Waals surface area contributed by atoms with Gasteiger partial charge in [-0.2, -0.15) is 0 Å². The highest BCUT2D eigenvalue weighted by molar-refractivity contribution is 7.92. The Hall–Kier alpha value is -3.32. The van der Waals surface area contributed by atoms with Crippen molar-refractivity contribution in [2.45, 2.75) is 25.2 Å². The van der Waals surface area contributed by atoms with E-state index in [4.69, 9.17) is 0 Å². The molecular formula is C24H27N3O3S. The second-order valence-corrected chi connectivity index (χ2v) is 9.04. The van der Waals surface area contributed by atoms with Gasteiger partial charge in [-0.1, -0.05) is 36.4 Å². The quantitative estimate of drug-likeness (QED) is 0.435. The first-order valence-electron chi connectivity index (χ1n) is 10.1. The van der Waals surface area contributed by atoms with Crippen molar-refractivity contribution in [2.75, 3.05) is 23.1 Å². The molecule has 0 aliphatic carbocycles. The van der Waals surface area contributed by atoms with Crippen LogP contribution in [0.3, 0.4) is 0 Å². The van der Waals surface area contributed by atoms with E-state index in [0.717, 1.165) is 29.8 Å². The molecule has 0 fully saturated rings. The van der Waals surface area contributed by atoms with Crippen LogP contribution in [0.1, 0.15) is 27.9 Å². The zero-order valence-corrected chi connectivity index (χ0v) is 18.5. The van der Waals surface area contributed by atoms with Gasteiger partial charge in [0.05, 0.1) is 4.90 Å². The second-order valence-electron chi connectivity index (χ2n) is 7.35. The summed E-state index contributed by atoms with van der Waals surface area (Å²) in [7, 11) is -3.80. The predicted octanol–water partition coefficient (Wildman–Crippen LogP) is 4.34. The highest BCUT2D eigenvalue weighted by Gasteiger charge is 2.18. The van der Waals surface area contributed by atoms with E-state index in [-0.39, 0.29) is 10.8 Å². The summed E-state index contributed by atoms with van der Waals surface area (Å²) in [5.74, 6) is -0.287. The third-order valence-electron chi connectivity index (χ3n) is 4.78. The molecule has 0 aliphatic heterocycles. The maximum Gasteiger partial charge on any atom is 0.261 e. The van der Waals surface area contributed by atoms with Crippen LogP contribution in [0.2, 0.25) is 0 Å². The number of carbonyl (C=O) groups is 1. The molecule has 3 N–H and O–H groups in total. The number of carbonyl (C=O) groups excluding carboxylic acids is 1. The lowest BCUT2D eigenvalue weighted by atomic mass is 10.1. The van der Waals surface area contributed by atoms with Crippen molar-refractivity contribution in [1.82, 2.24) is 5.32 Å².